The molecule has 0 radical (unpaired) electrons. The molecule has 0 aliphatic carbocycles. The largest absolute Gasteiger partial charge is 0.396 e. The maximum Gasteiger partial charge on any atom is 0.315 e. The quantitative estimate of drug-likeness (QED) is 0.717. The normalized spacial score (nSPS) is 13.3. The number of aromatic nitrogens is 3. The molecule has 2 amide bonds. The highest BCUT2D eigenvalue weighted by Crippen LogP contribution is 2.13. The molecule has 2 aromatic heterocycles. The number of carbonyl (C=O) groups excluding carboxylic acids is 1. The lowest BCUT2D eigenvalue weighted by Gasteiger charge is -2.29. The fraction of sp³-hybridized carbons (Fsp3) is 0.500. The summed E-state index contributed by atoms with van der Waals surface area (Å²) in [5, 5.41) is 19.3. The van der Waals surface area contributed by atoms with Crippen molar-refractivity contribution >= 4 is 6.03 Å². The molecule has 1 unspecified atom stereocenters. The van der Waals surface area contributed by atoms with Gasteiger partial charge >= 0.3 is 6.03 Å². The van der Waals surface area contributed by atoms with E-state index in [1.54, 1.807) is 10.9 Å². The van der Waals surface area contributed by atoms with Gasteiger partial charge in [-0.15, -0.1) is 0 Å². The van der Waals surface area contributed by atoms with Gasteiger partial charge in [0.15, 0.2) is 5.82 Å². The molecule has 0 aliphatic rings. The van der Waals surface area contributed by atoms with Gasteiger partial charge in [-0.2, -0.15) is 5.10 Å². The molecule has 136 valence electrons. The highest BCUT2D eigenvalue weighted by Gasteiger charge is 2.23. The Morgan fingerprint density at radius 3 is 2.64 bits per heavy atom. The Bertz CT molecular complexity index is 711. The van der Waals surface area contributed by atoms with Gasteiger partial charge in [0.05, 0.1) is 5.69 Å². The molecule has 1 atom stereocenters. The lowest BCUT2D eigenvalue weighted by Crippen LogP contribution is -2.50. The Hall–Kier alpha value is -2.41. The van der Waals surface area contributed by atoms with Crippen LogP contribution in [0.15, 0.2) is 24.4 Å². The lowest BCUT2D eigenvalue weighted by atomic mass is 9.95. The number of hydrogen-bond donors (Lipinski definition) is 3. The number of pyridine rings is 1. The molecule has 0 bridgehead atoms. The van der Waals surface area contributed by atoms with Crippen LogP contribution in [0.2, 0.25) is 0 Å². The minimum absolute atomic E-state index is 0.0440. The molecule has 0 saturated carbocycles. The maximum atomic E-state index is 12.1. The Morgan fingerprint density at radius 2 is 2.12 bits per heavy atom. The number of aliphatic hydroxyl groups excluding tert-OH is 1. The predicted octanol–water partition coefficient (Wildman–Crippen LogP) is 2.23. The van der Waals surface area contributed by atoms with Crippen LogP contribution in [0.1, 0.15) is 43.6 Å². The van der Waals surface area contributed by atoms with E-state index >= 15 is 0 Å². The second-order valence-corrected chi connectivity index (χ2v) is 6.56. The van der Waals surface area contributed by atoms with Gasteiger partial charge in [-0.25, -0.2) is 14.5 Å². The van der Waals surface area contributed by atoms with Crippen molar-refractivity contribution in [3.8, 4) is 5.82 Å². The number of urea groups is 1. The Balaban J connectivity index is 1.93. The van der Waals surface area contributed by atoms with Crippen molar-refractivity contribution in [2.24, 2.45) is 0 Å². The van der Waals surface area contributed by atoms with Crippen LogP contribution in [0, 0.1) is 13.8 Å². The van der Waals surface area contributed by atoms with Crippen molar-refractivity contribution in [3.63, 3.8) is 0 Å². The fourth-order valence-electron chi connectivity index (χ4n) is 2.58. The summed E-state index contributed by atoms with van der Waals surface area (Å²) in [4.78, 5) is 16.5. The molecule has 0 spiro atoms. The third-order valence-electron chi connectivity index (χ3n) is 4.35. The van der Waals surface area contributed by atoms with E-state index < -0.39 is 5.54 Å². The van der Waals surface area contributed by atoms with Crippen LogP contribution in [0.3, 0.4) is 0 Å². The van der Waals surface area contributed by atoms with E-state index in [9.17, 15) is 4.79 Å². The van der Waals surface area contributed by atoms with Crippen LogP contribution in [0.25, 0.3) is 5.82 Å². The first-order chi connectivity index (χ1) is 11.9. The molecule has 0 saturated heterocycles. The second-order valence-electron chi connectivity index (χ2n) is 6.56. The van der Waals surface area contributed by atoms with Crippen molar-refractivity contribution in [1.82, 2.24) is 25.4 Å². The van der Waals surface area contributed by atoms with Crippen molar-refractivity contribution < 1.29 is 9.90 Å². The smallest absolute Gasteiger partial charge is 0.315 e. The van der Waals surface area contributed by atoms with Gasteiger partial charge in [0.1, 0.15) is 0 Å². The van der Waals surface area contributed by atoms with Crippen LogP contribution in [-0.4, -0.2) is 38.0 Å². The Morgan fingerprint density at radius 1 is 1.36 bits per heavy atom. The van der Waals surface area contributed by atoms with Gasteiger partial charge in [0.2, 0.25) is 0 Å². The summed E-state index contributed by atoms with van der Waals surface area (Å²) >= 11 is 0. The number of carbonyl (C=O) groups is 1. The summed E-state index contributed by atoms with van der Waals surface area (Å²) in [6.45, 7) is 8.27. The topological polar surface area (TPSA) is 92.1 Å². The predicted molar refractivity (Wildman–Crippen MR) is 96.6 cm³/mol. The Kier molecular flexibility index (Phi) is 6.14. The average Bonchev–Trinajstić information content (AvgIpc) is 2.92. The fourth-order valence-corrected chi connectivity index (χ4v) is 2.58. The van der Waals surface area contributed by atoms with Gasteiger partial charge in [-0.3, -0.25) is 0 Å². The van der Waals surface area contributed by atoms with E-state index in [1.807, 2.05) is 45.9 Å². The highest BCUT2D eigenvalue weighted by molar-refractivity contribution is 5.74. The zero-order valence-electron chi connectivity index (χ0n) is 15.3. The number of rotatable bonds is 7. The molecule has 2 heterocycles. The molecule has 3 N–H and O–H groups in total. The molecule has 7 heteroatoms. The van der Waals surface area contributed by atoms with Gasteiger partial charge in [-0.1, -0.05) is 13.0 Å². The molecule has 2 rings (SSSR count). The average molecular weight is 345 g/mol. The van der Waals surface area contributed by atoms with Gasteiger partial charge in [0.25, 0.3) is 0 Å². The number of nitrogens with one attached hydrogen (secondary N) is 2. The first kappa shape index (κ1) is 18.9. The van der Waals surface area contributed by atoms with Gasteiger partial charge < -0.3 is 15.7 Å². The summed E-state index contributed by atoms with van der Waals surface area (Å²) in [5.74, 6) is 0.750. The van der Waals surface area contributed by atoms with Crippen molar-refractivity contribution in [2.45, 2.75) is 52.6 Å². The van der Waals surface area contributed by atoms with Crippen molar-refractivity contribution in [3.05, 3.63) is 41.3 Å². The minimum atomic E-state index is -0.406. The third-order valence-corrected chi connectivity index (χ3v) is 4.35. The van der Waals surface area contributed by atoms with E-state index in [0.717, 1.165) is 29.2 Å². The van der Waals surface area contributed by atoms with Crippen molar-refractivity contribution in [1.29, 1.82) is 0 Å². The minimum Gasteiger partial charge on any atom is -0.396 e. The summed E-state index contributed by atoms with van der Waals surface area (Å²) < 4.78 is 1.79. The van der Waals surface area contributed by atoms with E-state index in [-0.39, 0.29) is 12.6 Å². The second kappa shape index (κ2) is 8.11. The zero-order valence-corrected chi connectivity index (χ0v) is 15.3. The first-order valence-corrected chi connectivity index (χ1v) is 8.52. The van der Waals surface area contributed by atoms with Crippen molar-refractivity contribution in [2.75, 3.05) is 6.61 Å². The molecule has 2 aromatic rings. The van der Waals surface area contributed by atoms with E-state index in [2.05, 4.69) is 20.7 Å². The lowest BCUT2D eigenvalue weighted by molar-refractivity contribution is 0.200. The molecular formula is C18H27N5O2. The summed E-state index contributed by atoms with van der Waals surface area (Å²) in [5.41, 5.74) is 2.47. The van der Waals surface area contributed by atoms with E-state index in [0.29, 0.717) is 13.0 Å². The SMILES string of the molecule is CCC(C)(CCO)NC(=O)NCc1ccc(-n2nc(C)cc2C)nc1. The molecule has 0 aliphatic heterocycles. The van der Waals surface area contributed by atoms with Gasteiger partial charge in [0, 0.05) is 30.6 Å². The number of nitrogens with zero attached hydrogens (tertiary/aromatic N) is 3. The Labute approximate surface area is 148 Å². The summed E-state index contributed by atoms with van der Waals surface area (Å²) in [7, 11) is 0. The maximum absolute atomic E-state index is 12.1. The highest BCUT2D eigenvalue weighted by atomic mass is 16.3. The molecule has 25 heavy (non-hydrogen) atoms. The first-order valence-electron chi connectivity index (χ1n) is 8.52. The van der Waals surface area contributed by atoms with E-state index in [4.69, 9.17) is 5.11 Å². The molecule has 0 aromatic carbocycles. The van der Waals surface area contributed by atoms with Crippen LogP contribution in [-0.2, 0) is 6.54 Å². The van der Waals surface area contributed by atoms with Crippen LogP contribution >= 0.6 is 0 Å². The number of amides is 2. The number of hydrogen-bond acceptors (Lipinski definition) is 4. The standard InChI is InChI=1S/C18H27N5O2/c1-5-18(4,8-9-24)21-17(25)20-12-15-6-7-16(19-11-15)23-14(3)10-13(2)22-23/h6-7,10-11,24H,5,8-9,12H2,1-4H3,(H2,20,21,25). The summed E-state index contributed by atoms with van der Waals surface area (Å²) in [6, 6.07) is 5.56. The molecule has 0 fully saturated rings. The third kappa shape index (κ3) is 5.03. The van der Waals surface area contributed by atoms with Gasteiger partial charge in [-0.05, 0) is 51.3 Å². The summed E-state index contributed by atoms with van der Waals surface area (Å²) in [6.07, 6.45) is 3.01. The monoisotopic (exact) mass is 345 g/mol. The van der Waals surface area contributed by atoms with Crippen LogP contribution < -0.4 is 10.6 Å². The number of aliphatic hydroxyl groups is 1. The van der Waals surface area contributed by atoms with E-state index in [1.165, 1.54) is 0 Å². The van der Waals surface area contributed by atoms with Crippen LogP contribution in [0.4, 0.5) is 4.79 Å². The zero-order chi connectivity index (χ0) is 18.4. The number of aryl methyl sites for hydroxylation is 2. The van der Waals surface area contributed by atoms with Crippen LogP contribution in [0.5, 0.6) is 0 Å². The molecule has 7 nitrogen and oxygen atoms in total. The molecular weight excluding hydrogens is 318 g/mol.